The molecule has 0 amide bonds. The van der Waals surface area contributed by atoms with Gasteiger partial charge in [0.1, 0.15) is 6.61 Å². The molecule has 0 atom stereocenters. The van der Waals surface area contributed by atoms with E-state index in [0.717, 1.165) is 16.7 Å². The maximum atomic E-state index is 11.8. The minimum Gasteiger partial charge on any atom is -0.458 e. The first kappa shape index (κ1) is 17.2. The van der Waals surface area contributed by atoms with E-state index >= 15 is 0 Å². The fraction of sp³-hybridized carbons (Fsp3) is 0.0952. The predicted molar refractivity (Wildman–Crippen MR) is 97.8 cm³/mol. The summed E-state index contributed by atoms with van der Waals surface area (Å²) in [6, 6.07) is 19.0. The summed E-state index contributed by atoms with van der Waals surface area (Å²) in [7, 11) is 0. The normalized spacial score (nSPS) is 10.6. The Kier molecular flexibility index (Phi) is 5.58. The van der Waals surface area contributed by atoms with Crippen molar-refractivity contribution in [1.82, 2.24) is 9.78 Å². The minimum absolute atomic E-state index is 0.169. The number of hydrogen-bond donors (Lipinski definition) is 0. The number of esters is 1. The molecule has 1 aromatic heterocycles. The molecule has 0 saturated heterocycles. The Bertz CT molecular complexity index is 935. The summed E-state index contributed by atoms with van der Waals surface area (Å²) in [6.45, 7) is 0.847. The number of ether oxygens (including phenoxy) is 1. The summed E-state index contributed by atoms with van der Waals surface area (Å²) in [5, 5.41) is 13.0. The van der Waals surface area contributed by atoms with E-state index in [9.17, 15) is 4.79 Å². The second-order valence-corrected chi connectivity index (χ2v) is 5.71. The molecule has 0 bridgehead atoms. The van der Waals surface area contributed by atoms with Crippen molar-refractivity contribution < 1.29 is 9.53 Å². The summed E-state index contributed by atoms with van der Waals surface area (Å²) in [4.78, 5) is 11.8. The first-order valence-electron chi connectivity index (χ1n) is 8.13. The summed E-state index contributed by atoms with van der Waals surface area (Å²) in [6.07, 6.45) is 6.63. The van der Waals surface area contributed by atoms with Crippen LogP contribution in [0.15, 0.2) is 73.1 Å². The van der Waals surface area contributed by atoms with Crippen LogP contribution in [-0.2, 0) is 22.7 Å². The highest BCUT2D eigenvalue weighted by Gasteiger charge is 2.01. The van der Waals surface area contributed by atoms with Crippen LogP contribution >= 0.6 is 0 Å². The van der Waals surface area contributed by atoms with Gasteiger partial charge < -0.3 is 4.74 Å². The van der Waals surface area contributed by atoms with E-state index in [1.807, 2.05) is 47.3 Å². The van der Waals surface area contributed by atoms with Crippen molar-refractivity contribution >= 4 is 12.0 Å². The molecule has 3 aromatic rings. The Hall–Kier alpha value is -3.65. The van der Waals surface area contributed by atoms with Gasteiger partial charge >= 0.3 is 5.97 Å². The second-order valence-electron chi connectivity index (χ2n) is 5.71. The summed E-state index contributed by atoms with van der Waals surface area (Å²) in [5.41, 5.74) is 3.40. The van der Waals surface area contributed by atoms with Crippen LogP contribution in [0.5, 0.6) is 0 Å². The Balaban J connectivity index is 1.51. The molecule has 5 nitrogen and oxygen atoms in total. The number of benzene rings is 2. The van der Waals surface area contributed by atoms with Crippen LogP contribution in [0.2, 0.25) is 0 Å². The zero-order valence-electron chi connectivity index (χ0n) is 14.1. The molecule has 26 heavy (non-hydrogen) atoms. The third-order valence-corrected chi connectivity index (χ3v) is 3.72. The first-order chi connectivity index (χ1) is 12.7. The molecule has 2 aromatic carbocycles. The van der Waals surface area contributed by atoms with E-state index in [1.54, 1.807) is 36.5 Å². The van der Waals surface area contributed by atoms with Gasteiger partial charge in [0.15, 0.2) is 0 Å². The lowest BCUT2D eigenvalue weighted by Crippen LogP contribution is -2.00. The molecule has 0 N–H and O–H groups in total. The van der Waals surface area contributed by atoms with E-state index < -0.39 is 5.97 Å². The van der Waals surface area contributed by atoms with Gasteiger partial charge in [-0.05, 0) is 29.3 Å². The molecule has 0 radical (unpaired) electrons. The van der Waals surface area contributed by atoms with Gasteiger partial charge in [-0.1, -0.05) is 42.5 Å². The third kappa shape index (κ3) is 4.92. The van der Waals surface area contributed by atoms with Crippen LogP contribution in [0, 0.1) is 11.3 Å². The lowest BCUT2D eigenvalue weighted by molar-refractivity contribution is -0.138. The topological polar surface area (TPSA) is 67.9 Å². The fourth-order valence-corrected chi connectivity index (χ4v) is 2.36. The average molecular weight is 343 g/mol. The van der Waals surface area contributed by atoms with Gasteiger partial charge in [-0.25, -0.2) is 4.79 Å². The van der Waals surface area contributed by atoms with Crippen LogP contribution in [0.1, 0.15) is 22.3 Å². The van der Waals surface area contributed by atoms with Gasteiger partial charge in [0.05, 0.1) is 24.4 Å². The number of rotatable bonds is 6. The zero-order chi connectivity index (χ0) is 18.2. The van der Waals surface area contributed by atoms with Crippen LogP contribution in [0.4, 0.5) is 0 Å². The first-order valence-corrected chi connectivity index (χ1v) is 8.13. The molecule has 0 saturated carbocycles. The molecular weight excluding hydrogens is 326 g/mol. The smallest absolute Gasteiger partial charge is 0.331 e. The summed E-state index contributed by atoms with van der Waals surface area (Å²) < 4.78 is 7.01. The van der Waals surface area contributed by atoms with Gasteiger partial charge in [-0.3, -0.25) is 4.68 Å². The monoisotopic (exact) mass is 343 g/mol. The average Bonchev–Trinajstić information content (AvgIpc) is 3.13. The quantitative estimate of drug-likeness (QED) is 0.507. The lowest BCUT2D eigenvalue weighted by atomic mass is 10.2. The van der Waals surface area contributed by atoms with Crippen LogP contribution in [0.3, 0.4) is 0 Å². The van der Waals surface area contributed by atoms with Gasteiger partial charge in [0.2, 0.25) is 0 Å². The number of carbonyl (C=O) groups excluding carboxylic acids is 1. The van der Waals surface area contributed by atoms with Crippen molar-refractivity contribution in [2.24, 2.45) is 0 Å². The largest absolute Gasteiger partial charge is 0.458 e. The summed E-state index contributed by atoms with van der Waals surface area (Å²) in [5.74, 6) is -0.426. The molecular formula is C21H17N3O2. The maximum absolute atomic E-state index is 11.8. The highest BCUT2D eigenvalue weighted by Crippen LogP contribution is 2.07. The molecule has 0 aliphatic heterocycles. The summed E-state index contributed by atoms with van der Waals surface area (Å²) >= 11 is 0. The van der Waals surface area contributed by atoms with Crippen molar-refractivity contribution in [3.8, 4) is 6.07 Å². The van der Waals surface area contributed by atoms with E-state index in [-0.39, 0.29) is 6.61 Å². The van der Waals surface area contributed by atoms with Crippen molar-refractivity contribution in [3.05, 3.63) is 95.3 Å². The molecule has 0 aliphatic rings. The SMILES string of the molecule is N#Cc1ccc(COC(=O)/C=C/c2cnn(Cc3ccccc3)c2)cc1. The predicted octanol–water partition coefficient (Wildman–Crippen LogP) is 3.56. The number of hydrogen-bond acceptors (Lipinski definition) is 4. The van der Waals surface area contributed by atoms with Crippen LogP contribution in [-0.4, -0.2) is 15.7 Å². The fourth-order valence-electron chi connectivity index (χ4n) is 2.36. The molecule has 3 rings (SSSR count). The third-order valence-electron chi connectivity index (χ3n) is 3.72. The highest BCUT2D eigenvalue weighted by molar-refractivity contribution is 5.86. The van der Waals surface area contributed by atoms with E-state index in [4.69, 9.17) is 10.00 Å². The number of nitrogens with zero attached hydrogens (tertiary/aromatic N) is 3. The van der Waals surface area contributed by atoms with Gasteiger partial charge in [0.25, 0.3) is 0 Å². The molecule has 0 aliphatic carbocycles. The molecule has 0 unspecified atom stereocenters. The zero-order valence-corrected chi connectivity index (χ0v) is 14.1. The van der Waals surface area contributed by atoms with Gasteiger partial charge in [-0.15, -0.1) is 0 Å². The highest BCUT2D eigenvalue weighted by atomic mass is 16.5. The second kappa shape index (κ2) is 8.45. The van der Waals surface area contributed by atoms with E-state index in [0.29, 0.717) is 12.1 Å². The molecule has 0 spiro atoms. The van der Waals surface area contributed by atoms with Gasteiger partial charge in [-0.2, -0.15) is 10.4 Å². The number of carbonyl (C=O) groups is 1. The van der Waals surface area contributed by atoms with Crippen molar-refractivity contribution in [3.63, 3.8) is 0 Å². The van der Waals surface area contributed by atoms with Crippen LogP contribution < -0.4 is 0 Å². The van der Waals surface area contributed by atoms with Crippen molar-refractivity contribution in [1.29, 1.82) is 5.26 Å². The molecule has 0 fully saturated rings. The Morgan fingerprint density at radius 3 is 2.62 bits per heavy atom. The van der Waals surface area contributed by atoms with Crippen molar-refractivity contribution in [2.45, 2.75) is 13.2 Å². The van der Waals surface area contributed by atoms with Crippen LogP contribution in [0.25, 0.3) is 6.08 Å². The minimum atomic E-state index is -0.426. The molecule has 128 valence electrons. The number of nitriles is 1. The standard InChI is InChI=1S/C21H17N3O2/c22-12-17-6-8-19(9-7-17)16-26-21(25)11-10-20-13-23-24(15-20)14-18-4-2-1-3-5-18/h1-11,13,15H,14,16H2/b11-10+. The van der Waals surface area contributed by atoms with E-state index in [1.165, 1.54) is 6.08 Å². The molecule has 5 heteroatoms. The van der Waals surface area contributed by atoms with Gasteiger partial charge in [0, 0.05) is 17.8 Å². The lowest BCUT2D eigenvalue weighted by Gasteiger charge is -2.02. The Labute approximate surface area is 151 Å². The number of aromatic nitrogens is 2. The Morgan fingerprint density at radius 2 is 1.88 bits per heavy atom. The maximum Gasteiger partial charge on any atom is 0.331 e. The van der Waals surface area contributed by atoms with E-state index in [2.05, 4.69) is 5.10 Å². The molecule has 1 heterocycles. The van der Waals surface area contributed by atoms with Crippen molar-refractivity contribution in [2.75, 3.05) is 0 Å². The Morgan fingerprint density at radius 1 is 1.12 bits per heavy atom.